The summed E-state index contributed by atoms with van der Waals surface area (Å²) in [5, 5.41) is 20.9. The normalized spacial score (nSPS) is 14.7. The van der Waals surface area contributed by atoms with Gasteiger partial charge in [0.1, 0.15) is 5.84 Å². The third-order valence-corrected chi connectivity index (χ3v) is 8.49. The third-order valence-electron chi connectivity index (χ3n) is 6.64. The maximum atomic E-state index is 13.8. The van der Waals surface area contributed by atoms with Crippen LogP contribution in [0.4, 0.5) is 0 Å². The average Bonchev–Trinajstić information content (AvgIpc) is 2.91. The molecule has 2 aromatic carbocycles. The lowest BCUT2D eigenvalue weighted by Gasteiger charge is -2.35. The summed E-state index contributed by atoms with van der Waals surface area (Å²) >= 11 is 0. The lowest BCUT2D eigenvalue weighted by atomic mass is 10.0. The van der Waals surface area contributed by atoms with Crippen LogP contribution in [-0.2, 0) is 9.84 Å². The van der Waals surface area contributed by atoms with Crippen LogP contribution in [0.3, 0.4) is 0 Å². The van der Waals surface area contributed by atoms with Gasteiger partial charge >= 0.3 is 0 Å². The number of aliphatic hydroxyl groups excluding tert-OH is 1. The van der Waals surface area contributed by atoms with Gasteiger partial charge in [0.05, 0.1) is 28.3 Å². The predicted octanol–water partition coefficient (Wildman–Crippen LogP) is 6.61. The Balaban J connectivity index is 1.78. The van der Waals surface area contributed by atoms with Crippen molar-refractivity contribution in [3.63, 3.8) is 0 Å². The van der Waals surface area contributed by atoms with E-state index in [-0.39, 0.29) is 15.5 Å². The van der Waals surface area contributed by atoms with Crippen molar-refractivity contribution >= 4 is 15.7 Å². The van der Waals surface area contributed by atoms with E-state index < -0.39 is 21.8 Å². The number of aliphatic imine (C=N–C) groups is 1. The van der Waals surface area contributed by atoms with Gasteiger partial charge in [0.2, 0.25) is 15.7 Å². The zero-order valence-corrected chi connectivity index (χ0v) is 22.5. The molecule has 3 aromatic rings. The number of amidine groups is 1. The lowest BCUT2D eigenvalue weighted by Crippen LogP contribution is -2.37. The van der Waals surface area contributed by atoms with Crippen LogP contribution in [0, 0.1) is 18.3 Å². The van der Waals surface area contributed by atoms with Crippen molar-refractivity contribution in [3.05, 3.63) is 107 Å². The number of sulfone groups is 1. The highest BCUT2D eigenvalue weighted by atomic mass is 32.2. The van der Waals surface area contributed by atoms with E-state index >= 15 is 0 Å². The fourth-order valence-electron chi connectivity index (χ4n) is 4.56. The zero-order chi connectivity index (χ0) is 27.4. The fraction of sp³-hybridized carbons (Fsp3) is 0.233. The molecule has 0 bridgehead atoms. The molecular weight excluding hydrogens is 496 g/mol. The Morgan fingerprint density at radius 1 is 1.16 bits per heavy atom. The molecule has 0 spiro atoms. The molecular formula is C30H30N4O3S. The van der Waals surface area contributed by atoms with Crippen molar-refractivity contribution in [2.45, 2.75) is 51.0 Å². The first-order chi connectivity index (χ1) is 18.2. The number of aliphatic hydroxyl groups is 1. The monoisotopic (exact) mass is 526 g/mol. The third kappa shape index (κ3) is 5.11. The van der Waals surface area contributed by atoms with Gasteiger partial charge in [-0.05, 0) is 72.9 Å². The van der Waals surface area contributed by atoms with Gasteiger partial charge < -0.3 is 5.11 Å². The average molecular weight is 527 g/mol. The molecule has 1 aliphatic heterocycles. The van der Waals surface area contributed by atoms with E-state index in [1.54, 1.807) is 47.6 Å². The molecule has 194 valence electrons. The number of nitriles is 1. The Morgan fingerprint density at radius 3 is 2.55 bits per heavy atom. The van der Waals surface area contributed by atoms with Gasteiger partial charge in [0.15, 0.2) is 4.91 Å². The van der Waals surface area contributed by atoms with Crippen molar-refractivity contribution in [1.82, 2.24) is 9.88 Å². The minimum atomic E-state index is -4.16. The molecule has 1 aromatic heterocycles. The standard InChI is InChI=1S/C30H30N4O3S/c1-5-6-10-28-33-21(3)29(30(35)34(28)22(4)25-9-7-8-23(17-25)18-31)38(36,37)26-13-11-24(12-14-26)27-15-16-32-19-20(27)2/h7-9,11-17,19,22,35H,3,5-6,10H2,1-2,4H3. The summed E-state index contributed by atoms with van der Waals surface area (Å²) in [7, 11) is -4.16. The molecule has 1 N–H and O–H groups in total. The summed E-state index contributed by atoms with van der Waals surface area (Å²) in [6.45, 7) is 9.74. The number of aryl methyl sites for hydroxylation is 1. The van der Waals surface area contributed by atoms with Crippen LogP contribution in [0.15, 0.2) is 99.9 Å². The maximum Gasteiger partial charge on any atom is 0.214 e. The van der Waals surface area contributed by atoms with Crippen LogP contribution in [0.1, 0.15) is 55.8 Å². The van der Waals surface area contributed by atoms with Crippen molar-refractivity contribution in [2.24, 2.45) is 4.99 Å². The minimum Gasteiger partial charge on any atom is -0.493 e. The highest BCUT2D eigenvalue weighted by Gasteiger charge is 2.37. The quantitative estimate of drug-likeness (QED) is 0.354. The largest absolute Gasteiger partial charge is 0.493 e. The number of aromatic nitrogens is 1. The molecule has 0 saturated heterocycles. The number of hydrogen-bond donors (Lipinski definition) is 1. The van der Waals surface area contributed by atoms with E-state index in [9.17, 15) is 18.8 Å². The van der Waals surface area contributed by atoms with Gasteiger partial charge in [0.25, 0.3) is 0 Å². The van der Waals surface area contributed by atoms with Crippen molar-refractivity contribution in [1.29, 1.82) is 5.26 Å². The number of nitrogens with zero attached hydrogens (tertiary/aromatic N) is 4. The van der Waals surface area contributed by atoms with Crippen LogP contribution < -0.4 is 0 Å². The molecule has 0 aliphatic carbocycles. The maximum absolute atomic E-state index is 13.8. The molecule has 0 fully saturated rings. The summed E-state index contributed by atoms with van der Waals surface area (Å²) in [5.41, 5.74) is 4.01. The number of hydrogen-bond acceptors (Lipinski definition) is 7. The molecule has 1 atom stereocenters. The van der Waals surface area contributed by atoms with Crippen LogP contribution in [0.5, 0.6) is 0 Å². The Kier molecular flexibility index (Phi) is 7.79. The summed E-state index contributed by atoms with van der Waals surface area (Å²) < 4.78 is 27.6. The van der Waals surface area contributed by atoms with Gasteiger partial charge in [-0.3, -0.25) is 9.88 Å². The first-order valence-electron chi connectivity index (χ1n) is 12.4. The number of benzene rings is 2. The Bertz CT molecular complexity index is 1580. The molecule has 7 nitrogen and oxygen atoms in total. The summed E-state index contributed by atoms with van der Waals surface area (Å²) in [4.78, 5) is 9.93. The molecule has 0 radical (unpaired) electrons. The minimum absolute atomic E-state index is 0.00289. The van der Waals surface area contributed by atoms with E-state index in [4.69, 9.17) is 0 Å². The van der Waals surface area contributed by atoms with E-state index in [2.05, 4.69) is 22.6 Å². The van der Waals surface area contributed by atoms with Gasteiger partial charge in [-0.1, -0.05) is 44.2 Å². The van der Waals surface area contributed by atoms with Crippen molar-refractivity contribution < 1.29 is 13.5 Å². The van der Waals surface area contributed by atoms with Gasteiger partial charge in [-0.15, -0.1) is 0 Å². The summed E-state index contributed by atoms with van der Waals surface area (Å²) in [6.07, 6.45) is 5.69. The predicted molar refractivity (Wildman–Crippen MR) is 149 cm³/mol. The SMILES string of the molecule is C=C1N=C(CCCC)N(C(C)c2cccc(C#N)c2)C(O)=C1S(=O)(=O)c1ccc(-c2ccncc2C)cc1. The van der Waals surface area contributed by atoms with Crippen LogP contribution >= 0.6 is 0 Å². The highest BCUT2D eigenvalue weighted by Crippen LogP contribution is 2.37. The van der Waals surface area contributed by atoms with Gasteiger partial charge in [-0.25, -0.2) is 13.4 Å². The highest BCUT2D eigenvalue weighted by molar-refractivity contribution is 7.95. The van der Waals surface area contributed by atoms with Gasteiger partial charge in [0, 0.05) is 18.8 Å². The summed E-state index contributed by atoms with van der Waals surface area (Å²) in [5.74, 6) is 0.117. The Labute approximate surface area is 224 Å². The number of unbranched alkanes of at least 4 members (excludes halogenated alkanes) is 1. The molecule has 8 heteroatoms. The smallest absolute Gasteiger partial charge is 0.214 e. The fourth-order valence-corrected chi connectivity index (χ4v) is 5.99. The number of pyridine rings is 1. The second-order valence-electron chi connectivity index (χ2n) is 9.23. The van der Waals surface area contributed by atoms with E-state index in [0.29, 0.717) is 17.8 Å². The molecule has 38 heavy (non-hydrogen) atoms. The van der Waals surface area contributed by atoms with Crippen molar-refractivity contribution in [3.8, 4) is 17.2 Å². The topological polar surface area (TPSA) is 107 Å². The Morgan fingerprint density at radius 2 is 1.89 bits per heavy atom. The number of rotatable bonds is 8. The van der Waals surface area contributed by atoms with Gasteiger partial charge in [-0.2, -0.15) is 5.26 Å². The second-order valence-corrected chi connectivity index (χ2v) is 11.1. The van der Waals surface area contributed by atoms with Crippen molar-refractivity contribution in [2.75, 3.05) is 0 Å². The zero-order valence-electron chi connectivity index (χ0n) is 21.7. The van der Waals surface area contributed by atoms with Crippen LogP contribution in [0.2, 0.25) is 0 Å². The molecule has 2 heterocycles. The Hall–Kier alpha value is -4.22. The first-order valence-corrected chi connectivity index (χ1v) is 13.9. The molecule has 4 rings (SSSR count). The first kappa shape index (κ1) is 26.8. The molecule has 0 amide bonds. The molecule has 0 saturated carbocycles. The van der Waals surface area contributed by atoms with Crippen LogP contribution in [-0.4, -0.2) is 29.2 Å². The van der Waals surface area contributed by atoms with E-state index in [1.807, 2.05) is 32.9 Å². The van der Waals surface area contributed by atoms with E-state index in [0.717, 1.165) is 35.1 Å². The van der Waals surface area contributed by atoms with Crippen LogP contribution in [0.25, 0.3) is 11.1 Å². The summed E-state index contributed by atoms with van der Waals surface area (Å²) in [6, 6.07) is 17.1. The van der Waals surface area contributed by atoms with E-state index in [1.165, 1.54) is 12.1 Å². The lowest BCUT2D eigenvalue weighted by molar-refractivity contribution is 0.229. The second kappa shape index (κ2) is 11.0. The molecule has 1 aliphatic rings. The molecule has 1 unspecified atom stereocenters.